The average Bonchev–Trinajstić information content (AvgIpc) is 3.28. The van der Waals surface area contributed by atoms with Gasteiger partial charge < -0.3 is 14.2 Å². The molecule has 1 saturated heterocycles. The summed E-state index contributed by atoms with van der Waals surface area (Å²) in [4.78, 5) is 17.8. The topological polar surface area (TPSA) is 37.7 Å². The number of benzene rings is 3. The van der Waals surface area contributed by atoms with Gasteiger partial charge in [-0.25, -0.2) is 0 Å². The molecular formula is C32H37N3O2. The Morgan fingerprint density at radius 2 is 1.51 bits per heavy atom. The number of fused-ring (bicyclic) bond motifs is 1. The maximum atomic E-state index is 13.4. The van der Waals surface area contributed by atoms with E-state index in [9.17, 15) is 4.79 Å². The monoisotopic (exact) mass is 495 g/mol. The summed E-state index contributed by atoms with van der Waals surface area (Å²) in [5.74, 6) is 0.243. The van der Waals surface area contributed by atoms with Crippen LogP contribution in [-0.2, 0) is 29.4 Å². The van der Waals surface area contributed by atoms with Crippen LogP contribution in [0.3, 0.4) is 0 Å². The number of aromatic nitrogens is 1. The molecule has 0 atom stereocenters. The number of hydrogen-bond acceptors (Lipinski definition) is 3. The van der Waals surface area contributed by atoms with Crippen molar-refractivity contribution in [2.75, 3.05) is 45.9 Å². The molecule has 1 fully saturated rings. The maximum Gasteiger partial charge on any atom is 0.223 e. The molecule has 5 heteroatoms. The first kappa shape index (κ1) is 25.2. The Kier molecular flexibility index (Phi) is 8.34. The van der Waals surface area contributed by atoms with Gasteiger partial charge in [0.1, 0.15) is 0 Å². The zero-order chi connectivity index (χ0) is 25.5. The normalized spacial score (nSPS) is 14.2. The number of ether oxygens (including phenoxy) is 1. The van der Waals surface area contributed by atoms with Crippen molar-refractivity contribution >= 4 is 16.8 Å². The van der Waals surface area contributed by atoms with E-state index < -0.39 is 0 Å². The smallest absolute Gasteiger partial charge is 0.223 e. The highest BCUT2D eigenvalue weighted by Gasteiger charge is 2.18. The molecule has 0 spiro atoms. The highest BCUT2D eigenvalue weighted by Crippen LogP contribution is 2.22. The Morgan fingerprint density at radius 1 is 0.838 bits per heavy atom. The van der Waals surface area contributed by atoms with E-state index in [1.165, 1.54) is 33.2 Å². The van der Waals surface area contributed by atoms with Crippen molar-refractivity contribution in [2.24, 2.45) is 7.05 Å². The first-order valence-electron chi connectivity index (χ1n) is 13.4. The molecule has 0 saturated carbocycles. The molecule has 0 radical (unpaired) electrons. The largest absolute Gasteiger partial charge is 0.379 e. The van der Waals surface area contributed by atoms with Crippen LogP contribution in [-0.4, -0.2) is 66.2 Å². The fourth-order valence-electron chi connectivity index (χ4n) is 5.24. The van der Waals surface area contributed by atoms with Gasteiger partial charge >= 0.3 is 0 Å². The minimum Gasteiger partial charge on any atom is -0.379 e. The van der Waals surface area contributed by atoms with E-state index in [4.69, 9.17) is 4.74 Å². The molecule has 1 amide bonds. The van der Waals surface area contributed by atoms with Gasteiger partial charge in [-0.3, -0.25) is 9.69 Å². The zero-order valence-corrected chi connectivity index (χ0v) is 21.8. The first-order valence-corrected chi connectivity index (χ1v) is 13.4. The lowest BCUT2D eigenvalue weighted by Gasteiger charge is -2.28. The van der Waals surface area contributed by atoms with E-state index in [0.717, 1.165) is 58.8 Å². The number of para-hydroxylation sites is 1. The van der Waals surface area contributed by atoms with E-state index in [1.807, 2.05) is 6.07 Å². The molecule has 4 aromatic rings. The van der Waals surface area contributed by atoms with Gasteiger partial charge in [0.25, 0.3) is 0 Å². The van der Waals surface area contributed by atoms with Gasteiger partial charge in [-0.05, 0) is 41.2 Å². The van der Waals surface area contributed by atoms with Gasteiger partial charge in [-0.15, -0.1) is 0 Å². The van der Waals surface area contributed by atoms with Crippen LogP contribution in [0, 0.1) is 0 Å². The van der Waals surface area contributed by atoms with Gasteiger partial charge in [-0.1, -0.05) is 72.8 Å². The van der Waals surface area contributed by atoms with Crippen LogP contribution in [0.1, 0.15) is 17.5 Å². The number of carbonyl (C=O) groups is 1. The summed E-state index contributed by atoms with van der Waals surface area (Å²) in [6.45, 7) is 5.62. The summed E-state index contributed by atoms with van der Waals surface area (Å²) in [7, 11) is 2.09. The fraction of sp³-hybridized carbons (Fsp3) is 0.344. The van der Waals surface area contributed by atoms with E-state index in [1.54, 1.807) is 0 Å². The lowest BCUT2D eigenvalue weighted by atomic mass is 10.0. The first-order chi connectivity index (χ1) is 18.2. The van der Waals surface area contributed by atoms with Crippen molar-refractivity contribution in [1.82, 2.24) is 14.4 Å². The van der Waals surface area contributed by atoms with E-state index in [0.29, 0.717) is 6.42 Å². The van der Waals surface area contributed by atoms with Crippen LogP contribution in [0.5, 0.6) is 0 Å². The van der Waals surface area contributed by atoms with Crippen LogP contribution in [0.2, 0.25) is 0 Å². The van der Waals surface area contributed by atoms with Crippen LogP contribution in [0.15, 0.2) is 85.1 Å². The molecule has 1 aliphatic rings. The molecule has 37 heavy (non-hydrogen) atoms. The summed E-state index contributed by atoms with van der Waals surface area (Å²) in [6.07, 6.45) is 4.48. The molecule has 1 aliphatic heterocycles. The molecule has 0 unspecified atom stereocenters. The van der Waals surface area contributed by atoms with Crippen molar-refractivity contribution in [1.29, 1.82) is 0 Å². The number of carbonyl (C=O) groups excluding carboxylic acids is 1. The summed E-state index contributed by atoms with van der Waals surface area (Å²) >= 11 is 0. The number of hydrogen-bond donors (Lipinski definition) is 0. The maximum absolute atomic E-state index is 13.4. The van der Waals surface area contributed by atoms with E-state index in [2.05, 4.69) is 100 Å². The Balaban J connectivity index is 1.25. The van der Waals surface area contributed by atoms with Crippen molar-refractivity contribution < 1.29 is 9.53 Å². The highest BCUT2D eigenvalue weighted by atomic mass is 16.5. The molecule has 2 heterocycles. The predicted molar refractivity (Wildman–Crippen MR) is 151 cm³/mol. The zero-order valence-electron chi connectivity index (χ0n) is 21.8. The minimum atomic E-state index is 0.243. The van der Waals surface area contributed by atoms with Gasteiger partial charge in [0.15, 0.2) is 0 Å². The molecule has 0 aliphatic carbocycles. The Labute approximate surface area is 220 Å². The lowest BCUT2D eigenvalue weighted by Crippen LogP contribution is -2.40. The molecule has 5 rings (SSSR count). The van der Waals surface area contributed by atoms with Crippen molar-refractivity contribution in [3.05, 3.63) is 96.2 Å². The summed E-state index contributed by atoms with van der Waals surface area (Å²) in [5.41, 5.74) is 6.25. The van der Waals surface area contributed by atoms with Gasteiger partial charge in [0.2, 0.25) is 5.91 Å². The molecule has 1 aromatic heterocycles. The molecule has 0 bridgehead atoms. The molecular weight excluding hydrogens is 458 g/mol. The van der Waals surface area contributed by atoms with Crippen LogP contribution >= 0.6 is 0 Å². The van der Waals surface area contributed by atoms with E-state index >= 15 is 0 Å². The number of morpholine rings is 1. The number of rotatable bonds is 10. The molecule has 0 N–H and O–H groups in total. The third-order valence-corrected chi connectivity index (χ3v) is 7.46. The summed E-state index contributed by atoms with van der Waals surface area (Å²) in [6, 6.07) is 27.7. The van der Waals surface area contributed by atoms with Gasteiger partial charge in [0, 0.05) is 63.3 Å². The molecule has 3 aromatic carbocycles. The quantitative estimate of drug-likeness (QED) is 0.304. The van der Waals surface area contributed by atoms with Crippen molar-refractivity contribution in [3.8, 4) is 11.1 Å². The Morgan fingerprint density at radius 3 is 2.30 bits per heavy atom. The lowest BCUT2D eigenvalue weighted by molar-refractivity contribution is -0.131. The van der Waals surface area contributed by atoms with Crippen LogP contribution in [0.25, 0.3) is 22.0 Å². The number of aryl methyl sites for hydroxylation is 1. The van der Waals surface area contributed by atoms with Crippen molar-refractivity contribution in [2.45, 2.75) is 19.3 Å². The fourth-order valence-corrected chi connectivity index (χ4v) is 5.24. The SMILES string of the molecule is Cn1cc(CCN(CCc2ccc(-c3ccccc3)cc2)C(=O)CCN2CCOCC2)c2ccccc21. The second kappa shape index (κ2) is 12.2. The highest BCUT2D eigenvalue weighted by molar-refractivity contribution is 5.84. The predicted octanol–water partition coefficient (Wildman–Crippen LogP) is 5.18. The average molecular weight is 496 g/mol. The summed E-state index contributed by atoms with van der Waals surface area (Å²) in [5, 5.41) is 1.28. The van der Waals surface area contributed by atoms with Crippen molar-refractivity contribution in [3.63, 3.8) is 0 Å². The Bertz CT molecular complexity index is 1290. The molecule has 5 nitrogen and oxygen atoms in total. The van der Waals surface area contributed by atoms with Gasteiger partial charge in [0.05, 0.1) is 13.2 Å². The van der Waals surface area contributed by atoms with Crippen LogP contribution in [0.4, 0.5) is 0 Å². The standard InChI is InChI=1S/C32H37N3O2/c1-33-25-29(30-9-5-6-10-31(30)33)16-20-35(32(36)17-18-34-21-23-37-24-22-34)19-15-26-11-13-28(14-12-26)27-7-3-2-4-8-27/h2-14,25H,15-24H2,1H3. The summed E-state index contributed by atoms with van der Waals surface area (Å²) < 4.78 is 7.65. The number of nitrogens with zero attached hydrogens (tertiary/aromatic N) is 3. The number of amides is 1. The third-order valence-electron chi connectivity index (χ3n) is 7.46. The second-order valence-electron chi connectivity index (χ2n) is 9.93. The van der Waals surface area contributed by atoms with Crippen LogP contribution < -0.4 is 0 Å². The minimum absolute atomic E-state index is 0.243. The van der Waals surface area contributed by atoms with E-state index in [-0.39, 0.29) is 5.91 Å². The third kappa shape index (κ3) is 6.48. The van der Waals surface area contributed by atoms with Gasteiger partial charge in [-0.2, -0.15) is 0 Å². The second-order valence-corrected chi connectivity index (χ2v) is 9.93. The molecule has 192 valence electrons. The Hall–Kier alpha value is -3.41.